The number of benzene rings is 1. The average Bonchev–Trinajstić information content (AvgIpc) is 3.20. The number of hydrogen-bond acceptors (Lipinski definition) is 3. The molecular weight excluding hydrogens is 265 g/mol. The Labute approximate surface area is 115 Å². The smallest absolute Gasteiger partial charge is 0.329 e. The van der Waals surface area contributed by atoms with Crippen molar-refractivity contribution < 1.29 is 23.8 Å². The highest BCUT2D eigenvalue weighted by atomic mass is 19.1. The van der Waals surface area contributed by atoms with Gasteiger partial charge in [0, 0.05) is 6.54 Å². The van der Waals surface area contributed by atoms with Crippen molar-refractivity contribution in [3.05, 3.63) is 35.6 Å². The highest BCUT2D eigenvalue weighted by Gasteiger charge is 2.50. The van der Waals surface area contributed by atoms with Gasteiger partial charge in [-0.3, -0.25) is 4.79 Å². The molecular formula is C14H16FNO4. The largest absolute Gasteiger partial charge is 0.480 e. The van der Waals surface area contributed by atoms with E-state index < -0.39 is 11.4 Å². The minimum Gasteiger partial charge on any atom is -0.480 e. The maximum absolute atomic E-state index is 12.9. The predicted molar refractivity (Wildman–Crippen MR) is 68.8 cm³/mol. The number of nitrogens with one attached hydrogen (secondary N) is 1. The summed E-state index contributed by atoms with van der Waals surface area (Å²) in [4.78, 5) is 22.4. The van der Waals surface area contributed by atoms with Crippen LogP contribution in [0, 0.1) is 5.82 Å². The van der Waals surface area contributed by atoms with Gasteiger partial charge in [0.05, 0.1) is 12.0 Å². The molecule has 1 fully saturated rings. The second kappa shape index (κ2) is 6.00. The van der Waals surface area contributed by atoms with Crippen molar-refractivity contribution >= 4 is 11.9 Å². The van der Waals surface area contributed by atoms with Gasteiger partial charge in [0.1, 0.15) is 12.4 Å². The third-order valence-electron chi connectivity index (χ3n) is 3.34. The molecule has 2 rings (SSSR count). The van der Waals surface area contributed by atoms with Gasteiger partial charge in [0.25, 0.3) is 0 Å². The Bertz CT molecular complexity index is 496. The summed E-state index contributed by atoms with van der Waals surface area (Å²) < 4.78 is 17.7. The second-order valence-electron chi connectivity index (χ2n) is 4.79. The topological polar surface area (TPSA) is 75.6 Å². The lowest BCUT2D eigenvalue weighted by atomic mass is 9.95. The number of carbonyl (C=O) groups is 2. The van der Waals surface area contributed by atoms with Crippen LogP contribution in [0.2, 0.25) is 0 Å². The van der Waals surface area contributed by atoms with Gasteiger partial charge >= 0.3 is 5.97 Å². The van der Waals surface area contributed by atoms with Crippen LogP contribution in [0.15, 0.2) is 24.3 Å². The molecule has 108 valence electrons. The van der Waals surface area contributed by atoms with Gasteiger partial charge in [-0.05, 0) is 30.5 Å². The lowest BCUT2D eigenvalue weighted by Crippen LogP contribution is -2.36. The third kappa shape index (κ3) is 3.33. The van der Waals surface area contributed by atoms with E-state index in [1.54, 1.807) is 12.1 Å². The number of aliphatic carboxylic acids is 1. The number of halogens is 1. The van der Waals surface area contributed by atoms with Gasteiger partial charge in [0.15, 0.2) is 0 Å². The molecule has 0 atom stereocenters. The molecule has 1 saturated carbocycles. The van der Waals surface area contributed by atoms with Crippen molar-refractivity contribution in [3.63, 3.8) is 0 Å². The fourth-order valence-corrected chi connectivity index (χ4v) is 2.11. The van der Waals surface area contributed by atoms with Crippen LogP contribution in [0.4, 0.5) is 4.39 Å². The minimum atomic E-state index is -1.04. The summed E-state index contributed by atoms with van der Waals surface area (Å²) in [7, 11) is 0. The van der Waals surface area contributed by atoms with Gasteiger partial charge in [0.2, 0.25) is 5.91 Å². The fraction of sp³-hybridized carbons (Fsp3) is 0.429. The SMILES string of the molecule is O=C(O)COCCNC(=O)C1(c2ccc(F)cc2)CC1. The summed E-state index contributed by atoms with van der Waals surface area (Å²) in [5.74, 6) is -1.49. The first kappa shape index (κ1) is 14.5. The highest BCUT2D eigenvalue weighted by molar-refractivity contribution is 5.91. The maximum Gasteiger partial charge on any atom is 0.329 e. The summed E-state index contributed by atoms with van der Waals surface area (Å²) in [5.41, 5.74) is 0.253. The number of carboxylic acid groups (broad SMARTS) is 1. The Balaban J connectivity index is 1.83. The van der Waals surface area contributed by atoms with Gasteiger partial charge in [-0.15, -0.1) is 0 Å². The van der Waals surface area contributed by atoms with Crippen LogP contribution in [-0.2, 0) is 19.7 Å². The molecule has 0 radical (unpaired) electrons. The quantitative estimate of drug-likeness (QED) is 0.733. The Hall–Kier alpha value is -1.95. The minimum absolute atomic E-state index is 0.122. The molecule has 6 heteroatoms. The lowest BCUT2D eigenvalue weighted by molar-refractivity contribution is -0.142. The van der Waals surface area contributed by atoms with Crippen LogP contribution in [0.3, 0.4) is 0 Å². The van der Waals surface area contributed by atoms with Crippen LogP contribution in [0.25, 0.3) is 0 Å². The Morgan fingerprint density at radius 3 is 2.50 bits per heavy atom. The third-order valence-corrected chi connectivity index (χ3v) is 3.34. The molecule has 0 saturated heterocycles. The van der Waals surface area contributed by atoms with E-state index in [9.17, 15) is 14.0 Å². The van der Waals surface area contributed by atoms with E-state index in [-0.39, 0.29) is 31.5 Å². The summed E-state index contributed by atoms with van der Waals surface area (Å²) in [6.07, 6.45) is 1.47. The number of carboxylic acids is 1. The number of rotatable bonds is 7. The van der Waals surface area contributed by atoms with Crippen molar-refractivity contribution in [3.8, 4) is 0 Å². The van der Waals surface area contributed by atoms with Crippen LogP contribution in [0.5, 0.6) is 0 Å². The van der Waals surface area contributed by atoms with E-state index in [2.05, 4.69) is 5.32 Å². The van der Waals surface area contributed by atoms with Gasteiger partial charge in [-0.25, -0.2) is 9.18 Å². The van der Waals surface area contributed by atoms with Crippen LogP contribution in [0.1, 0.15) is 18.4 Å². The van der Waals surface area contributed by atoms with Crippen LogP contribution >= 0.6 is 0 Å². The number of hydrogen-bond donors (Lipinski definition) is 2. The first-order valence-corrected chi connectivity index (χ1v) is 6.38. The van der Waals surface area contributed by atoms with Crippen LogP contribution < -0.4 is 5.32 Å². The summed E-state index contributed by atoms with van der Waals surface area (Å²) in [5, 5.41) is 11.1. The van der Waals surface area contributed by atoms with E-state index in [0.29, 0.717) is 0 Å². The van der Waals surface area contributed by atoms with Gasteiger partial charge < -0.3 is 15.2 Å². The van der Waals surface area contributed by atoms with Gasteiger partial charge in [-0.2, -0.15) is 0 Å². The monoisotopic (exact) mass is 281 g/mol. The summed E-state index contributed by atoms with van der Waals surface area (Å²) in [6, 6.07) is 5.95. The zero-order valence-electron chi connectivity index (χ0n) is 10.9. The fourth-order valence-electron chi connectivity index (χ4n) is 2.11. The molecule has 1 amide bonds. The van der Waals surface area contributed by atoms with Crippen molar-refractivity contribution in [2.75, 3.05) is 19.8 Å². The molecule has 0 heterocycles. The molecule has 2 N–H and O–H groups in total. The van der Waals surface area contributed by atoms with Crippen molar-refractivity contribution in [1.29, 1.82) is 0 Å². The van der Waals surface area contributed by atoms with E-state index in [0.717, 1.165) is 18.4 Å². The van der Waals surface area contributed by atoms with E-state index in [4.69, 9.17) is 9.84 Å². The molecule has 0 aliphatic heterocycles. The standard InChI is InChI=1S/C14H16FNO4/c15-11-3-1-10(2-4-11)14(5-6-14)13(19)16-7-8-20-9-12(17)18/h1-4H,5-9H2,(H,16,19)(H,17,18). The highest BCUT2D eigenvalue weighted by Crippen LogP contribution is 2.48. The Kier molecular flexibility index (Phi) is 4.34. The molecule has 0 aromatic heterocycles. The molecule has 0 unspecified atom stereocenters. The zero-order valence-corrected chi connectivity index (χ0v) is 10.9. The molecule has 20 heavy (non-hydrogen) atoms. The first-order chi connectivity index (χ1) is 9.54. The lowest BCUT2D eigenvalue weighted by Gasteiger charge is -2.15. The summed E-state index contributed by atoms with van der Waals surface area (Å²) in [6.45, 7) is 0.0333. The average molecular weight is 281 g/mol. The molecule has 1 aromatic carbocycles. The molecule has 0 spiro atoms. The van der Waals surface area contributed by atoms with Gasteiger partial charge in [-0.1, -0.05) is 12.1 Å². The van der Waals surface area contributed by atoms with Crippen molar-refractivity contribution in [2.24, 2.45) is 0 Å². The second-order valence-corrected chi connectivity index (χ2v) is 4.79. The molecule has 5 nitrogen and oxygen atoms in total. The predicted octanol–water partition coefficient (Wildman–Crippen LogP) is 1.07. The zero-order chi connectivity index (χ0) is 14.6. The number of ether oxygens (including phenoxy) is 1. The van der Waals surface area contributed by atoms with E-state index in [1.165, 1.54) is 12.1 Å². The Morgan fingerprint density at radius 2 is 1.95 bits per heavy atom. The number of amides is 1. The molecule has 1 aliphatic carbocycles. The summed E-state index contributed by atoms with van der Waals surface area (Å²) >= 11 is 0. The number of carbonyl (C=O) groups excluding carboxylic acids is 1. The molecule has 0 bridgehead atoms. The molecule has 1 aliphatic rings. The maximum atomic E-state index is 12.9. The molecule has 1 aromatic rings. The Morgan fingerprint density at radius 1 is 1.30 bits per heavy atom. The van der Waals surface area contributed by atoms with Crippen LogP contribution in [-0.4, -0.2) is 36.7 Å². The van der Waals surface area contributed by atoms with E-state index in [1.807, 2.05) is 0 Å². The van der Waals surface area contributed by atoms with Crippen molar-refractivity contribution in [2.45, 2.75) is 18.3 Å². The van der Waals surface area contributed by atoms with E-state index >= 15 is 0 Å². The van der Waals surface area contributed by atoms with Crippen molar-refractivity contribution in [1.82, 2.24) is 5.32 Å². The normalized spacial score (nSPS) is 15.7. The first-order valence-electron chi connectivity index (χ1n) is 6.38.